The Kier molecular flexibility index (Phi) is 9.45. The van der Waals surface area contributed by atoms with Crippen molar-refractivity contribution in [1.82, 2.24) is 20.3 Å². The minimum atomic E-state index is 0.422. The highest BCUT2D eigenvalue weighted by atomic mass is 32.1. The molecule has 0 amide bonds. The molecule has 2 N–H and O–H groups in total. The van der Waals surface area contributed by atoms with Crippen molar-refractivity contribution in [3.63, 3.8) is 0 Å². The molecule has 8 aromatic carbocycles. The van der Waals surface area contributed by atoms with Gasteiger partial charge in [-0.25, -0.2) is 15.0 Å². The molecule has 0 unspecified atom stereocenters. The topological polar surface area (TPSA) is 74.6 Å². The van der Waals surface area contributed by atoms with Gasteiger partial charge in [0.1, 0.15) is 0 Å². The van der Waals surface area contributed by atoms with Crippen LogP contribution in [0.5, 0.6) is 0 Å². The van der Waals surface area contributed by atoms with Gasteiger partial charge in [-0.3, -0.25) is 5.41 Å². The van der Waals surface area contributed by atoms with Gasteiger partial charge in [0.05, 0.1) is 11.4 Å². The van der Waals surface area contributed by atoms with E-state index in [0.717, 1.165) is 67.0 Å². The van der Waals surface area contributed by atoms with Gasteiger partial charge in [0.2, 0.25) is 0 Å². The number of hydrogen-bond donors (Lipinski definition) is 2. The zero-order valence-electron chi connectivity index (χ0n) is 33.5. The van der Waals surface area contributed by atoms with Crippen LogP contribution in [0.15, 0.2) is 206 Å². The molecule has 2 aromatic heterocycles. The largest absolute Gasteiger partial charge is 0.354 e. The summed E-state index contributed by atoms with van der Waals surface area (Å²) in [5.41, 5.74) is 13.0. The summed E-state index contributed by atoms with van der Waals surface area (Å²) in [7, 11) is 0. The van der Waals surface area contributed by atoms with Gasteiger partial charge in [0.25, 0.3) is 0 Å². The number of aromatic nitrogens is 3. The summed E-state index contributed by atoms with van der Waals surface area (Å²) in [4.78, 5) is 15.2. The summed E-state index contributed by atoms with van der Waals surface area (Å²) in [6, 6.07) is 70.7. The summed E-state index contributed by atoms with van der Waals surface area (Å²) >= 11 is 1.83. The first-order valence-corrected chi connectivity index (χ1v) is 21.4. The van der Waals surface area contributed by atoms with Crippen molar-refractivity contribution in [1.29, 1.82) is 5.41 Å². The lowest BCUT2D eigenvalue weighted by Gasteiger charge is -2.26. The molecule has 0 fully saturated rings. The van der Waals surface area contributed by atoms with Gasteiger partial charge in [-0.1, -0.05) is 194 Å². The van der Waals surface area contributed by atoms with Crippen LogP contribution in [0.2, 0.25) is 0 Å². The zero-order chi connectivity index (χ0) is 41.4. The van der Waals surface area contributed by atoms with Gasteiger partial charge in [0.15, 0.2) is 17.5 Å². The number of fused-ring (bicyclic) bond motifs is 4. The molecule has 3 heterocycles. The molecule has 1 aliphatic rings. The average Bonchev–Trinajstić information content (AvgIpc) is 3.74. The van der Waals surface area contributed by atoms with Gasteiger partial charge in [-0.05, 0) is 46.0 Å². The van der Waals surface area contributed by atoms with Crippen molar-refractivity contribution in [3.8, 4) is 45.3 Å². The summed E-state index contributed by atoms with van der Waals surface area (Å²) < 4.78 is 2.57. The fraction of sp³-hybridized carbons (Fsp3) is 0. The standard InChI is InChI=1S/C56H37N5S/c57-52(39-17-6-2-7-18-39)50(53-45-22-11-10-21-43(45)35-47(58-53)37-15-4-1-5-16-37)38-29-33-42(34-30-38)56-60-54(40-19-8-3-9-20-40)59-55(61-56)41-31-27-36(28-32-41)44-24-14-26-49-51(44)46-23-12-13-25-48(46)62-49/h1-35,57-58H/b53-50-,57-52?. The van der Waals surface area contributed by atoms with E-state index in [9.17, 15) is 5.41 Å². The third-order valence-electron chi connectivity index (χ3n) is 11.4. The van der Waals surface area contributed by atoms with Crippen LogP contribution in [0.25, 0.3) is 88.5 Å². The van der Waals surface area contributed by atoms with E-state index < -0.39 is 0 Å². The Balaban J connectivity index is 1.01. The highest BCUT2D eigenvalue weighted by Crippen LogP contribution is 2.41. The molecule has 0 saturated carbocycles. The second kappa shape index (κ2) is 15.8. The molecule has 0 bridgehead atoms. The van der Waals surface area contributed by atoms with Crippen LogP contribution in [-0.2, 0) is 0 Å². The molecule has 62 heavy (non-hydrogen) atoms. The molecule has 6 heteroatoms. The molecule has 10 aromatic rings. The van der Waals surface area contributed by atoms with Gasteiger partial charge >= 0.3 is 0 Å². The van der Waals surface area contributed by atoms with Crippen molar-refractivity contribution >= 4 is 60.3 Å². The van der Waals surface area contributed by atoms with Crippen LogP contribution >= 0.6 is 11.3 Å². The van der Waals surface area contributed by atoms with Gasteiger partial charge in [-0.15, -0.1) is 11.3 Å². The molecule has 11 rings (SSSR count). The van der Waals surface area contributed by atoms with E-state index in [1.807, 2.05) is 90.2 Å². The van der Waals surface area contributed by atoms with Crippen LogP contribution < -0.4 is 5.32 Å². The minimum Gasteiger partial charge on any atom is -0.354 e. The smallest absolute Gasteiger partial charge is 0.164 e. The van der Waals surface area contributed by atoms with Crippen LogP contribution in [0.4, 0.5) is 0 Å². The van der Waals surface area contributed by atoms with Crippen LogP contribution in [-0.4, -0.2) is 20.7 Å². The van der Waals surface area contributed by atoms with E-state index >= 15 is 0 Å². The highest BCUT2D eigenvalue weighted by Gasteiger charge is 2.24. The normalized spacial score (nSPS) is 13.0. The van der Waals surface area contributed by atoms with E-state index in [1.54, 1.807) is 0 Å². The Morgan fingerprint density at radius 1 is 0.419 bits per heavy atom. The molecular weight excluding hydrogens is 775 g/mol. The lowest BCUT2D eigenvalue weighted by molar-refractivity contribution is 1.07. The second-order valence-electron chi connectivity index (χ2n) is 15.2. The number of allylic oxidation sites excluding steroid dienone is 1. The fourth-order valence-electron chi connectivity index (χ4n) is 8.33. The monoisotopic (exact) mass is 811 g/mol. The van der Waals surface area contributed by atoms with Crippen molar-refractivity contribution in [3.05, 3.63) is 234 Å². The molecule has 292 valence electrons. The Hall–Kier alpha value is -8.06. The van der Waals surface area contributed by atoms with Crippen molar-refractivity contribution in [2.24, 2.45) is 0 Å². The summed E-state index contributed by atoms with van der Waals surface area (Å²) in [6.45, 7) is 0. The summed E-state index contributed by atoms with van der Waals surface area (Å²) in [5, 5.41) is 16.1. The van der Waals surface area contributed by atoms with Crippen molar-refractivity contribution < 1.29 is 0 Å². The van der Waals surface area contributed by atoms with Crippen LogP contribution in [0, 0.1) is 5.41 Å². The molecule has 0 radical (unpaired) electrons. The number of benzene rings is 8. The molecule has 0 saturated heterocycles. The molecule has 5 nitrogen and oxygen atoms in total. The van der Waals surface area contributed by atoms with Crippen molar-refractivity contribution in [2.45, 2.75) is 0 Å². The Morgan fingerprint density at radius 3 is 1.63 bits per heavy atom. The van der Waals surface area contributed by atoms with Crippen LogP contribution in [0.1, 0.15) is 27.8 Å². The van der Waals surface area contributed by atoms with E-state index in [1.165, 1.54) is 25.7 Å². The lowest BCUT2D eigenvalue weighted by Crippen LogP contribution is -2.20. The number of nitrogens with one attached hydrogen (secondary N) is 2. The molecule has 0 atom stereocenters. The van der Waals surface area contributed by atoms with E-state index in [0.29, 0.717) is 23.2 Å². The van der Waals surface area contributed by atoms with E-state index in [4.69, 9.17) is 15.0 Å². The number of rotatable bonds is 8. The predicted octanol–water partition coefficient (Wildman–Crippen LogP) is 13.9. The minimum absolute atomic E-state index is 0.422. The maximum atomic E-state index is 9.72. The Bertz CT molecular complexity index is 3350. The summed E-state index contributed by atoms with van der Waals surface area (Å²) in [6.07, 6.45) is 2.18. The molecular formula is C56H37N5S. The van der Waals surface area contributed by atoms with Crippen LogP contribution in [0.3, 0.4) is 0 Å². The molecule has 0 aliphatic carbocycles. The first-order chi connectivity index (χ1) is 30.6. The number of nitrogens with zero attached hydrogens (tertiary/aromatic N) is 3. The van der Waals surface area contributed by atoms with Gasteiger partial charge in [-0.2, -0.15) is 0 Å². The van der Waals surface area contributed by atoms with Gasteiger partial charge < -0.3 is 5.32 Å². The first-order valence-electron chi connectivity index (χ1n) is 20.6. The SMILES string of the molecule is N=C(/C(=C1\NC(c2ccccc2)=Cc2ccccc21)c1ccc(-c2nc(-c3ccccc3)nc(-c3ccc(-c4cccc5sc6ccccc6c45)cc3)n2)cc1)c1ccccc1. The summed E-state index contributed by atoms with van der Waals surface area (Å²) in [5.74, 6) is 1.77. The number of hydrogen-bond acceptors (Lipinski definition) is 6. The van der Waals surface area contributed by atoms with Gasteiger partial charge in [0, 0.05) is 59.3 Å². The number of thiophene rings is 1. The molecule has 0 spiro atoms. The van der Waals surface area contributed by atoms with E-state index in [2.05, 4.69) is 139 Å². The highest BCUT2D eigenvalue weighted by molar-refractivity contribution is 7.25. The maximum absolute atomic E-state index is 9.72. The predicted molar refractivity (Wildman–Crippen MR) is 258 cm³/mol. The maximum Gasteiger partial charge on any atom is 0.164 e. The second-order valence-corrected chi connectivity index (χ2v) is 16.3. The molecule has 1 aliphatic heterocycles. The quantitative estimate of drug-likeness (QED) is 0.150. The average molecular weight is 812 g/mol. The zero-order valence-corrected chi connectivity index (χ0v) is 34.3. The van der Waals surface area contributed by atoms with E-state index in [-0.39, 0.29) is 0 Å². The Morgan fingerprint density at radius 2 is 0.935 bits per heavy atom. The van der Waals surface area contributed by atoms with Crippen molar-refractivity contribution in [2.75, 3.05) is 0 Å². The fourth-order valence-corrected chi connectivity index (χ4v) is 9.46. The lowest BCUT2D eigenvalue weighted by atomic mass is 9.87. The third-order valence-corrected chi connectivity index (χ3v) is 12.5. The first kappa shape index (κ1) is 37.0. The third kappa shape index (κ3) is 6.88. The Labute approximate surface area is 363 Å².